The quantitative estimate of drug-likeness (QED) is 0.285. The Hall–Kier alpha value is -3.63. The summed E-state index contributed by atoms with van der Waals surface area (Å²) >= 11 is 6.01. The van der Waals surface area contributed by atoms with Crippen LogP contribution in [0, 0.1) is 0 Å². The van der Waals surface area contributed by atoms with Gasteiger partial charge in [0.1, 0.15) is 11.6 Å². The maximum absolute atomic E-state index is 13.4. The first-order valence-corrected chi connectivity index (χ1v) is 11.3. The van der Waals surface area contributed by atoms with Gasteiger partial charge in [-0.2, -0.15) is 0 Å². The molecule has 4 aromatic rings. The maximum Gasteiger partial charge on any atom is 0.196 e. The summed E-state index contributed by atoms with van der Waals surface area (Å²) in [7, 11) is 0. The van der Waals surface area contributed by atoms with Crippen LogP contribution in [0.1, 0.15) is 28.4 Å². The van der Waals surface area contributed by atoms with E-state index in [1.165, 1.54) is 5.56 Å². The van der Waals surface area contributed by atoms with Gasteiger partial charge in [0.2, 0.25) is 0 Å². The Kier molecular flexibility index (Phi) is 7.38. The first kappa shape index (κ1) is 22.6. The van der Waals surface area contributed by atoms with Crippen molar-refractivity contribution in [3.63, 3.8) is 0 Å². The molecule has 0 aliphatic carbocycles. The summed E-state index contributed by atoms with van der Waals surface area (Å²) in [6.07, 6.45) is 2.62. The molecule has 0 radical (unpaired) electrons. The largest absolute Gasteiger partial charge is 0.494 e. The van der Waals surface area contributed by atoms with Crippen LogP contribution in [0.25, 0.3) is 11.1 Å². The van der Waals surface area contributed by atoms with Crippen molar-refractivity contribution in [2.45, 2.75) is 13.3 Å². The van der Waals surface area contributed by atoms with Gasteiger partial charge >= 0.3 is 0 Å². The lowest BCUT2D eigenvalue weighted by molar-refractivity contribution is 0.103. The number of halogens is 1. The van der Waals surface area contributed by atoms with Gasteiger partial charge in [-0.3, -0.25) is 4.79 Å². The number of nitrogens with zero attached hydrogens (tertiary/aromatic N) is 1. The Labute approximate surface area is 199 Å². The third-order valence-electron chi connectivity index (χ3n) is 5.29. The molecule has 0 unspecified atom stereocenters. The molecule has 166 valence electrons. The van der Waals surface area contributed by atoms with Crippen molar-refractivity contribution < 1.29 is 9.53 Å². The Bertz CT molecular complexity index is 1210. The molecule has 1 heterocycles. The number of benzene rings is 3. The standard InChI is InChI=1S/C28H25ClN2O2/c1-2-33-25-14-10-21(11-15-25)23-18-26(27(32)22-8-12-24(29)13-9-22)28(31-19-23)30-17-16-20-6-4-3-5-7-20/h3-15,18-19H,2,16-17H2,1H3,(H,30,31). The summed E-state index contributed by atoms with van der Waals surface area (Å²) < 4.78 is 5.54. The monoisotopic (exact) mass is 456 g/mol. The Morgan fingerprint density at radius 2 is 1.67 bits per heavy atom. The summed E-state index contributed by atoms with van der Waals surface area (Å²) in [6, 6.07) is 26.8. The fraction of sp³-hybridized carbons (Fsp3) is 0.143. The zero-order valence-corrected chi connectivity index (χ0v) is 19.2. The fourth-order valence-corrected chi connectivity index (χ4v) is 3.70. The first-order chi connectivity index (χ1) is 16.1. The van der Waals surface area contributed by atoms with Crippen LogP contribution in [0.15, 0.2) is 91.1 Å². The van der Waals surface area contributed by atoms with Gasteiger partial charge in [0.15, 0.2) is 5.78 Å². The molecule has 0 amide bonds. The minimum atomic E-state index is -0.103. The third kappa shape index (κ3) is 5.79. The van der Waals surface area contributed by atoms with Crippen LogP contribution in [0.3, 0.4) is 0 Å². The molecule has 0 saturated heterocycles. The maximum atomic E-state index is 13.4. The summed E-state index contributed by atoms with van der Waals surface area (Å²) in [4.78, 5) is 18.0. The number of carbonyl (C=O) groups excluding carboxylic acids is 1. The van der Waals surface area contributed by atoms with E-state index in [1.54, 1.807) is 30.5 Å². The number of anilines is 1. The first-order valence-electron chi connectivity index (χ1n) is 11.0. The van der Waals surface area contributed by atoms with E-state index in [0.29, 0.717) is 35.1 Å². The normalized spacial score (nSPS) is 10.6. The van der Waals surface area contributed by atoms with Gasteiger partial charge in [-0.15, -0.1) is 0 Å². The molecule has 0 aliphatic rings. The Morgan fingerprint density at radius 3 is 2.36 bits per heavy atom. The molecule has 0 saturated carbocycles. The van der Waals surface area contributed by atoms with Gasteiger partial charge in [-0.05, 0) is 66.9 Å². The number of ketones is 1. The van der Waals surface area contributed by atoms with Gasteiger partial charge in [0.05, 0.1) is 12.2 Å². The summed E-state index contributed by atoms with van der Waals surface area (Å²) in [5, 5.41) is 3.94. The number of hydrogen-bond donors (Lipinski definition) is 1. The summed E-state index contributed by atoms with van der Waals surface area (Å²) in [5.41, 5.74) is 4.14. The predicted octanol–water partition coefficient (Wildman–Crippen LogP) is 6.69. The second-order valence-corrected chi connectivity index (χ2v) is 8.01. The van der Waals surface area contributed by atoms with E-state index in [1.807, 2.05) is 55.5 Å². The van der Waals surface area contributed by atoms with E-state index in [4.69, 9.17) is 16.3 Å². The molecule has 5 heteroatoms. The molecule has 1 N–H and O–H groups in total. The van der Waals surface area contributed by atoms with Gasteiger partial charge in [0.25, 0.3) is 0 Å². The highest BCUT2D eigenvalue weighted by Gasteiger charge is 2.17. The highest BCUT2D eigenvalue weighted by molar-refractivity contribution is 6.30. The van der Waals surface area contributed by atoms with E-state index in [0.717, 1.165) is 23.3 Å². The lowest BCUT2D eigenvalue weighted by Crippen LogP contribution is -2.12. The Morgan fingerprint density at radius 1 is 0.939 bits per heavy atom. The molecular formula is C28H25ClN2O2. The van der Waals surface area contributed by atoms with Crippen LogP contribution in [-0.2, 0) is 6.42 Å². The van der Waals surface area contributed by atoms with Crippen molar-refractivity contribution in [3.05, 3.63) is 113 Å². The second kappa shape index (κ2) is 10.8. The highest BCUT2D eigenvalue weighted by atomic mass is 35.5. The van der Waals surface area contributed by atoms with Crippen LogP contribution >= 0.6 is 11.6 Å². The summed E-state index contributed by atoms with van der Waals surface area (Å²) in [5.74, 6) is 1.28. The SMILES string of the molecule is CCOc1ccc(-c2cnc(NCCc3ccccc3)c(C(=O)c3ccc(Cl)cc3)c2)cc1. The molecule has 4 nitrogen and oxygen atoms in total. The van der Waals surface area contributed by atoms with Crippen molar-refractivity contribution >= 4 is 23.2 Å². The average Bonchev–Trinajstić information content (AvgIpc) is 2.86. The molecule has 3 aromatic carbocycles. The summed E-state index contributed by atoms with van der Waals surface area (Å²) in [6.45, 7) is 3.24. The van der Waals surface area contributed by atoms with Crippen molar-refractivity contribution in [2.75, 3.05) is 18.5 Å². The molecule has 0 fully saturated rings. The molecule has 0 spiro atoms. The third-order valence-corrected chi connectivity index (χ3v) is 5.54. The topological polar surface area (TPSA) is 51.2 Å². The van der Waals surface area contributed by atoms with Crippen molar-refractivity contribution in [3.8, 4) is 16.9 Å². The van der Waals surface area contributed by atoms with E-state index < -0.39 is 0 Å². The molecule has 0 bridgehead atoms. The number of aromatic nitrogens is 1. The average molecular weight is 457 g/mol. The Balaban J connectivity index is 1.63. The molecule has 0 atom stereocenters. The molecule has 4 rings (SSSR count). The van der Waals surface area contributed by atoms with Crippen molar-refractivity contribution in [2.24, 2.45) is 0 Å². The lowest BCUT2D eigenvalue weighted by Gasteiger charge is -2.13. The van der Waals surface area contributed by atoms with Crippen molar-refractivity contribution in [1.29, 1.82) is 0 Å². The zero-order chi connectivity index (χ0) is 23.0. The van der Waals surface area contributed by atoms with E-state index >= 15 is 0 Å². The minimum Gasteiger partial charge on any atom is -0.494 e. The number of hydrogen-bond acceptors (Lipinski definition) is 4. The fourth-order valence-electron chi connectivity index (χ4n) is 3.57. The van der Waals surface area contributed by atoms with Gasteiger partial charge in [-0.1, -0.05) is 54.1 Å². The van der Waals surface area contributed by atoms with Gasteiger partial charge < -0.3 is 10.1 Å². The van der Waals surface area contributed by atoms with Crippen LogP contribution in [0.4, 0.5) is 5.82 Å². The number of carbonyl (C=O) groups is 1. The van der Waals surface area contributed by atoms with E-state index in [9.17, 15) is 4.79 Å². The van der Waals surface area contributed by atoms with Crippen LogP contribution in [-0.4, -0.2) is 23.9 Å². The molecule has 1 aromatic heterocycles. The van der Waals surface area contributed by atoms with Crippen molar-refractivity contribution in [1.82, 2.24) is 4.98 Å². The molecule has 0 aliphatic heterocycles. The number of rotatable bonds is 9. The van der Waals surface area contributed by atoms with Gasteiger partial charge in [-0.25, -0.2) is 4.98 Å². The lowest BCUT2D eigenvalue weighted by atomic mass is 9.99. The smallest absolute Gasteiger partial charge is 0.196 e. The second-order valence-electron chi connectivity index (χ2n) is 7.58. The predicted molar refractivity (Wildman–Crippen MR) is 134 cm³/mol. The van der Waals surface area contributed by atoms with Crippen LogP contribution in [0.2, 0.25) is 5.02 Å². The van der Waals surface area contributed by atoms with E-state index in [-0.39, 0.29) is 5.78 Å². The van der Waals surface area contributed by atoms with Gasteiger partial charge in [0, 0.05) is 28.9 Å². The van der Waals surface area contributed by atoms with Crippen LogP contribution < -0.4 is 10.1 Å². The highest BCUT2D eigenvalue weighted by Crippen LogP contribution is 2.27. The van der Waals surface area contributed by atoms with Crippen LogP contribution in [0.5, 0.6) is 5.75 Å². The number of ether oxygens (including phenoxy) is 1. The minimum absolute atomic E-state index is 0.103. The van der Waals surface area contributed by atoms with E-state index in [2.05, 4.69) is 22.4 Å². The molecular weight excluding hydrogens is 432 g/mol. The number of pyridine rings is 1. The number of nitrogens with one attached hydrogen (secondary N) is 1. The zero-order valence-electron chi connectivity index (χ0n) is 18.4. The molecule has 33 heavy (non-hydrogen) atoms.